The third kappa shape index (κ3) is 1.47. The van der Waals surface area contributed by atoms with E-state index in [0.717, 1.165) is 0 Å². The first-order chi connectivity index (χ1) is 5.77. The number of alkyl halides is 1. The van der Waals surface area contributed by atoms with Crippen molar-refractivity contribution < 1.29 is 0 Å². The molecule has 1 unspecified atom stereocenters. The van der Waals surface area contributed by atoms with Crippen LogP contribution in [0.3, 0.4) is 0 Å². The molecule has 2 aromatic heterocycles. The average molecular weight is 289 g/mol. The number of pyridine rings is 1. The molecule has 12 heavy (non-hydrogen) atoms. The van der Waals surface area contributed by atoms with Crippen LogP contribution in [-0.4, -0.2) is 4.98 Å². The number of aromatic nitrogens is 1. The van der Waals surface area contributed by atoms with Gasteiger partial charge in [-0.15, -0.1) is 11.3 Å². The fraction of sp³-hybridized carbons (Fsp3) is 0.222. The lowest BCUT2D eigenvalue weighted by atomic mass is 10.3. The molecule has 0 fully saturated rings. The molecule has 0 spiro atoms. The quantitative estimate of drug-likeness (QED) is 0.575. The zero-order valence-corrected chi connectivity index (χ0v) is 9.59. The maximum atomic E-state index is 4.09. The van der Waals surface area contributed by atoms with E-state index in [-0.39, 0.29) is 0 Å². The van der Waals surface area contributed by atoms with Crippen molar-refractivity contribution in [2.75, 3.05) is 0 Å². The van der Waals surface area contributed by atoms with E-state index in [2.05, 4.69) is 46.6 Å². The maximum Gasteiger partial charge on any atom is 0.0425 e. The van der Waals surface area contributed by atoms with Gasteiger partial charge in [-0.25, -0.2) is 0 Å². The second kappa shape index (κ2) is 3.30. The molecule has 0 amide bonds. The van der Waals surface area contributed by atoms with Crippen molar-refractivity contribution in [2.45, 2.75) is 10.8 Å². The van der Waals surface area contributed by atoms with Gasteiger partial charge in [-0.2, -0.15) is 0 Å². The molecule has 0 aliphatic heterocycles. The number of nitrogens with zero attached hydrogens (tertiary/aromatic N) is 1. The van der Waals surface area contributed by atoms with Gasteiger partial charge in [0.05, 0.1) is 0 Å². The standard InChI is InChI=1S/C9H8INS/c1-6(10)9-4-7-5-11-3-2-8(7)12-9/h2-6H,1H3. The Morgan fingerprint density at radius 1 is 1.58 bits per heavy atom. The second-order valence-corrected chi connectivity index (χ2v) is 5.66. The van der Waals surface area contributed by atoms with Gasteiger partial charge in [0.15, 0.2) is 0 Å². The van der Waals surface area contributed by atoms with Crippen LogP contribution >= 0.6 is 33.9 Å². The molecule has 0 aliphatic rings. The molecule has 1 atom stereocenters. The Labute approximate surface area is 89.0 Å². The summed E-state index contributed by atoms with van der Waals surface area (Å²) >= 11 is 4.29. The van der Waals surface area contributed by atoms with E-state index in [4.69, 9.17) is 0 Å². The van der Waals surface area contributed by atoms with Crippen molar-refractivity contribution in [3.8, 4) is 0 Å². The lowest BCUT2D eigenvalue weighted by Crippen LogP contribution is -1.72. The minimum absolute atomic E-state index is 0.597. The number of rotatable bonds is 1. The molecule has 0 radical (unpaired) electrons. The van der Waals surface area contributed by atoms with Crippen molar-refractivity contribution in [1.29, 1.82) is 0 Å². The van der Waals surface area contributed by atoms with Gasteiger partial charge in [0.25, 0.3) is 0 Å². The molecule has 0 N–H and O–H groups in total. The largest absolute Gasteiger partial charge is 0.264 e. The second-order valence-electron chi connectivity index (χ2n) is 2.68. The molecule has 1 nitrogen and oxygen atoms in total. The Morgan fingerprint density at radius 3 is 3.08 bits per heavy atom. The van der Waals surface area contributed by atoms with Gasteiger partial charge in [-0.1, -0.05) is 22.6 Å². The molecular formula is C9H8INS. The Kier molecular flexibility index (Phi) is 2.32. The normalized spacial score (nSPS) is 13.5. The average Bonchev–Trinajstić information content (AvgIpc) is 2.46. The summed E-state index contributed by atoms with van der Waals surface area (Å²) < 4.78 is 1.93. The highest BCUT2D eigenvalue weighted by molar-refractivity contribution is 14.1. The molecule has 2 rings (SSSR count). The van der Waals surface area contributed by atoms with Crippen molar-refractivity contribution in [1.82, 2.24) is 4.98 Å². The minimum Gasteiger partial charge on any atom is -0.264 e. The number of hydrogen-bond donors (Lipinski definition) is 0. The SMILES string of the molecule is CC(I)c1cc2cnccc2s1. The molecule has 3 heteroatoms. The number of thiophene rings is 1. The van der Waals surface area contributed by atoms with Crippen molar-refractivity contribution in [3.05, 3.63) is 29.4 Å². The Morgan fingerprint density at radius 2 is 2.42 bits per heavy atom. The molecule has 62 valence electrons. The highest BCUT2D eigenvalue weighted by Gasteiger charge is 2.05. The van der Waals surface area contributed by atoms with Gasteiger partial charge < -0.3 is 0 Å². The van der Waals surface area contributed by atoms with Gasteiger partial charge in [0, 0.05) is 31.3 Å². The summed E-state index contributed by atoms with van der Waals surface area (Å²) in [7, 11) is 0. The van der Waals surface area contributed by atoms with Crippen LogP contribution in [0.25, 0.3) is 10.1 Å². The summed E-state index contributed by atoms with van der Waals surface area (Å²) in [6, 6.07) is 4.30. The van der Waals surface area contributed by atoms with E-state index in [1.54, 1.807) is 0 Å². The summed E-state index contributed by atoms with van der Waals surface area (Å²) in [5, 5.41) is 1.26. The maximum absolute atomic E-state index is 4.09. The van der Waals surface area contributed by atoms with Crippen LogP contribution in [-0.2, 0) is 0 Å². The highest BCUT2D eigenvalue weighted by Crippen LogP contribution is 2.33. The van der Waals surface area contributed by atoms with Crippen LogP contribution < -0.4 is 0 Å². The first-order valence-corrected chi connectivity index (χ1v) is 5.81. The highest BCUT2D eigenvalue weighted by atomic mass is 127. The van der Waals surface area contributed by atoms with Gasteiger partial charge in [0.1, 0.15) is 0 Å². The fourth-order valence-electron chi connectivity index (χ4n) is 1.10. The molecule has 0 saturated carbocycles. The Balaban J connectivity index is 2.62. The summed E-state index contributed by atoms with van der Waals surface area (Å²) in [4.78, 5) is 5.52. The zero-order chi connectivity index (χ0) is 8.55. The van der Waals surface area contributed by atoms with Crippen LogP contribution in [0.5, 0.6) is 0 Å². The van der Waals surface area contributed by atoms with Crippen molar-refractivity contribution in [2.24, 2.45) is 0 Å². The lowest BCUT2D eigenvalue weighted by molar-refractivity contribution is 1.20. The zero-order valence-electron chi connectivity index (χ0n) is 6.62. The van der Waals surface area contributed by atoms with Gasteiger partial charge >= 0.3 is 0 Å². The van der Waals surface area contributed by atoms with E-state index in [0.29, 0.717) is 3.92 Å². The number of hydrogen-bond acceptors (Lipinski definition) is 2. The van der Waals surface area contributed by atoms with E-state index < -0.39 is 0 Å². The number of halogens is 1. The van der Waals surface area contributed by atoms with Gasteiger partial charge in [0.2, 0.25) is 0 Å². The summed E-state index contributed by atoms with van der Waals surface area (Å²) in [5.41, 5.74) is 0. The summed E-state index contributed by atoms with van der Waals surface area (Å²) in [6.07, 6.45) is 3.77. The third-order valence-corrected chi connectivity index (χ3v) is 4.12. The molecule has 0 bridgehead atoms. The molecule has 0 aliphatic carbocycles. The smallest absolute Gasteiger partial charge is 0.0425 e. The minimum atomic E-state index is 0.597. The van der Waals surface area contributed by atoms with E-state index in [9.17, 15) is 0 Å². The molecule has 2 aromatic rings. The van der Waals surface area contributed by atoms with E-state index in [1.165, 1.54) is 15.0 Å². The van der Waals surface area contributed by atoms with Crippen molar-refractivity contribution in [3.63, 3.8) is 0 Å². The lowest BCUT2D eigenvalue weighted by Gasteiger charge is -1.93. The summed E-state index contributed by atoms with van der Waals surface area (Å²) in [5.74, 6) is 0. The monoisotopic (exact) mass is 289 g/mol. The van der Waals surface area contributed by atoms with Gasteiger partial charge in [-0.05, 0) is 19.1 Å². The Bertz CT molecular complexity index is 361. The van der Waals surface area contributed by atoms with Gasteiger partial charge in [-0.3, -0.25) is 4.98 Å². The predicted molar refractivity (Wildman–Crippen MR) is 62.1 cm³/mol. The first-order valence-electron chi connectivity index (χ1n) is 3.75. The molecule has 2 heterocycles. The Hall–Kier alpha value is -0.160. The van der Waals surface area contributed by atoms with Crippen LogP contribution in [0.15, 0.2) is 24.5 Å². The van der Waals surface area contributed by atoms with Crippen LogP contribution in [0, 0.1) is 0 Å². The van der Waals surface area contributed by atoms with E-state index >= 15 is 0 Å². The first kappa shape index (κ1) is 8.44. The molecule has 0 saturated heterocycles. The fourth-order valence-corrected chi connectivity index (χ4v) is 2.62. The van der Waals surface area contributed by atoms with Crippen LogP contribution in [0.2, 0.25) is 0 Å². The molecule has 0 aromatic carbocycles. The number of fused-ring (bicyclic) bond motifs is 1. The molecular weight excluding hydrogens is 281 g/mol. The van der Waals surface area contributed by atoms with Crippen LogP contribution in [0.1, 0.15) is 15.7 Å². The van der Waals surface area contributed by atoms with Crippen molar-refractivity contribution >= 4 is 44.0 Å². The predicted octanol–water partition coefficient (Wildman–Crippen LogP) is 3.79. The van der Waals surface area contributed by atoms with E-state index in [1.807, 2.05) is 23.7 Å². The third-order valence-electron chi connectivity index (χ3n) is 1.73. The topological polar surface area (TPSA) is 12.9 Å². The van der Waals surface area contributed by atoms with Crippen LogP contribution in [0.4, 0.5) is 0 Å². The summed E-state index contributed by atoms with van der Waals surface area (Å²) in [6.45, 7) is 2.21.